The predicted octanol–water partition coefficient (Wildman–Crippen LogP) is 4.16. The van der Waals surface area contributed by atoms with Gasteiger partial charge < -0.3 is 9.73 Å². The molecule has 21 heavy (non-hydrogen) atoms. The van der Waals surface area contributed by atoms with Crippen LogP contribution in [0, 0.1) is 13.8 Å². The van der Waals surface area contributed by atoms with E-state index < -0.39 is 0 Å². The fourth-order valence-electron chi connectivity index (χ4n) is 2.49. The summed E-state index contributed by atoms with van der Waals surface area (Å²) in [6.07, 6.45) is 1.96. The second-order valence-electron chi connectivity index (χ2n) is 5.32. The van der Waals surface area contributed by atoms with E-state index >= 15 is 0 Å². The Hall–Kier alpha value is -1.07. The summed E-state index contributed by atoms with van der Waals surface area (Å²) in [5.74, 6) is 1.95. The Morgan fingerprint density at radius 1 is 1.33 bits per heavy atom. The lowest BCUT2D eigenvalue weighted by atomic mass is 10.1. The molecule has 0 spiro atoms. The van der Waals surface area contributed by atoms with E-state index in [4.69, 9.17) is 4.42 Å². The van der Waals surface area contributed by atoms with E-state index in [9.17, 15) is 0 Å². The number of furan rings is 1. The third-order valence-electron chi connectivity index (χ3n) is 3.60. The molecule has 0 fully saturated rings. The van der Waals surface area contributed by atoms with Crippen LogP contribution in [0.4, 0.5) is 0 Å². The maximum absolute atomic E-state index is 5.83. The van der Waals surface area contributed by atoms with Gasteiger partial charge in [0.2, 0.25) is 0 Å². The first kappa shape index (κ1) is 16.3. The van der Waals surface area contributed by atoms with Gasteiger partial charge >= 0.3 is 0 Å². The molecule has 0 aromatic carbocycles. The summed E-state index contributed by atoms with van der Waals surface area (Å²) < 4.78 is 9.00. The van der Waals surface area contributed by atoms with Crippen molar-refractivity contribution in [1.29, 1.82) is 0 Å². The van der Waals surface area contributed by atoms with Gasteiger partial charge in [0.05, 0.1) is 21.9 Å². The number of rotatable bonds is 7. The number of aryl methyl sites for hydroxylation is 3. The summed E-state index contributed by atoms with van der Waals surface area (Å²) in [6.45, 7) is 10.2. The fourth-order valence-corrected chi connectivity index (χ4v) is 2.94. The normalized spacial score (nSPS) is 12.8. The molecule has 2 aromatic rings. The second-order valence-corrected chi connectivity index (χ2v) is 6.11. The number of halogens is 1. The SMILES string of the molecule is CCCNC(Cc1c(Br)c(C)nn1CC)c1ccc(C)o1. The van der Waals surface area contributed by atoms with E-state index in [-0.39, 0.29) is 6.04 Å². The Bertz CT molecular complexity index is 588. The van der Waals surface area contributed by atoms with E-state index in [0.29, 0.717) is 0 Å². The molecule has 1 atom stereocenters. The minimum atomic E-state index is 0.177. The Morgan fingerprint density at radius 2 is 2.10 bits per heavy atom. The summed E-state index contributed by atoms with van der Waals surface area (Å²) in [5, 5.41) is 8.15. The third-order valence-corrected chi connectivity index (χ3v) is 4.63. The van der Waals surface area contributed by atoms with E-state index in [1.807, 2.05) is 19.9 Å². The molecule has 2 rings (SSSR count). The van der Waals surface area contributed by atoms with Crippen molar-refractivity contribution in [2.45, 2.75) is 53.1 Å². The summed E-state index contributed by atoms with van der Waals surface area (Å²) in [4.78, 5) is 0. The summed E-state index contributed by atoms with van der Waals surface area (Å²) in [6, 6.07) is 4.26. The van der Waals surface area contributed by atoms with Crippen LogP contribution in [0.25, 0.3) is 0 Å². The highest BCUT2D eigenvalue weighted by atomic mass is 79.9. The molecule has 0 bridgehead atoms. The summed E-state index contributed by atoms with van der Waals surface area (Å²) >= 11 is 3.67. The lowest BCUT2D eigenvalue weighted by molar-refractivity contribution is 0.391. The fraction of sp³-hybridized carbons (Fsp3) is 0.562. The lowest BCUT2D eigenvalue weighted by Crippen LogP contribution is -2.25. The molecule has 0 aliphatic heterocycles. The molecule has 0 amide bonds. The van der Waals surface area contributed by atoms with Crippen molar-refractivity contribution in [3.05, 3.63) is 39.5 Å². The third kappa shape index (κ3) is 3.77. The van der Waals surface area contributed by atoms with Crippen molar-refractivity contribution in [1.82, 2.24) is 15.1 Å². The van der Waals surface area contributed by atoms with Gasteiger partial charge in [-0.2, -0.15) is 5.10 Å². The van der Waals surface area contributed by atoms with E-state index in [1.165, 1.54) is 5.69 Å². The van der Waals surface area contributed by atoms with Crippen LogP contribution < -0.4 is 5.32 Å². The van der Waals surface area contributed by atoms with Gasteiger partial charge in [-0.1, -0.05) is 6.92 Å². The first-order valence-corrected chi connectivity index (χ1v) is 8.37. The average molecular weight is 354 g/mol. The maximum atomic E-state index is 5.83. The van der Waals surface area contributed by atoms with Crippen LogP contribution in [0.5, 0.6) is 0 Å². The summed E-state index contributed by atoms with van der Waals surface area (Å²) in [5.41, 5.74) is 2.26. The zero-order valence-electron chi connectivity index (χ0n) is 13.2. The van der Waals surface area contributed by atoms with Crippen molar-refractivity contribution < 1.29 is 4.42 Å². The van der Waals surface area contributed by atoms with Crippen LogP contribution >= 0.6 is 15.9 Å². The van der Waals surface area contributed by atoms with Crippen LogP contribution in [0.1, 0.15) is 49.2 Å². The minimum Gasteiger partial charge on any atom is -0.465 e. The zero-order chi connectivity index (χ0) is 15.4. The zero-order valence-corrected chi connectivity index (χ0v) is 14.8. The van der Waals surface area contributed by atoms with Crippen molar-refractivity contribution in [2.24, 2.45) is 0 Å². The molecule has 1 N–H and O–H groups in total. The van der Waals surface area contributed by atoms with Crippen molar-refractivity contribution in [3.8, 4) is 0 Å². The van der Waals surface area contributed by atoms with Crippen LogP contribution in [0.2, 0.25) is 0 Å². The van der Waals surface area contributed by atoms with Crippen molar-refractivity contribution >= 4 is 15.9 Å². The molecule has 5 heteroatoms. The molecule has 2 aromatic heterocycles. The molecule has 0 saturated carbocycles. The molecule has 0 aliphatic rings. The highest BCUT2D eigenvalue weighted by molar-refractivity contribution is 9.10. The van der Waals surface area contributed by atoms with Crippen LogP contribution in [-0.4, -0.2) is 16.3 Å². The van der Waals surface area contributed by atoms with Gasteiger partial charge in [0.15, 0.2) is 0 Å². The maximum Gasteiger partial charge on any atom is 0.121 e. The Morgan fingerprint density at radius 3 is 2.67 bits per heavy atom. The Labute approximate surface area is 135 Å². The molecule has 0 aliphatic carbocycles. The molecule has 2 heterocycles. The van der Waals surface area contributed by atoms with Crippen LogP contribution in [0.15, 0.2) is 21.0 Å². The molecule has 1 unspecified atom stereocenters. The minimum absolute atomic E-state index is 0.177. The van der Waals surface area contributed by atoms with Crippen molar-refractivity contribution in [3.63, 3.8) is 0 Å². The quantitative estimate of drug-likeness (QED) is 0.812. The largest absolute Gasteiger partial charge is 0.465 e. The van der Waals surface area contributed by atoms with Gasteiger partial charge in [0.1, 0.15) is 11.5 Å². The highest BCUT2D eigenvalue weighted by Gasteiger charge is 2.20. The van der Waals surface area contributed by atoms with Crippen LogP contribution in [-0.2, 0) is 13.0 Å². The van der Waals surface area contributed by atoms with E-state index in [0.717, 1.165) is 47.6 Å². The van der Waals surface area contributed by atoms with Gasteiger partial charge in [-0.15, -0.1) is 0 Å². The molecule has 0 radical (unpaired) electrons. The number of nitrogens with one attached hydrogen (secondary N) is 1. The monoisotopic (exact) mass is 353 g/mol. The topological polar surface area (TPSA) is 43.0 Å². The molecule has 116 valence electrons. The number of aromatic nitrogens is 2. The average Bonchev–Trinajstić information content (AvgIpc) is 3.01. The summed E-state index contributed by atoms with van der Waals surface area (Å²) in [7, 11) is 0. The molecule has 4 nitrogen and oxygen atoms in total. The standard InChI is InChI=1S/C16H24BrN3O/c1-5-9-18-13(15-8-7-11(3)21-15)10-14-16(17)12(4)19-20(14)6-2/h7-8,13,18H,5-6,9-10H2,1-4H3. The molecular formula is C16H24BrN3O. The van der Waals surface area contributed by atoms with Gasteiger partial charge in [0.25, 0.3) is 0 Å². The first-order valence-electron chi connectivity index (χ1n) is 7.58. The highest BCUT2D eigenvalue weighted by Crippen LogP contribution is 2.27. The Balaban J connectivity index is 2.26. The molecular weight excluding hydrogens is 330 g/mol. The van der Waals surface area contributed by atoms with Gasteiger partial charge in [0, 0.05) is 13.0 Å². The lowest BCUT2D eigenvalue weighted by Gasteiger charge is -2.17. The van der Waals surface area contributed by atoms with Crippen molar-refractivity contribution in [2.75, 3.05) is 6.54 Å². The number of nitrogens with zero attached hydrogens (tertiary/aromatic N) is 2. The van der Waals surface area contributed by atoms with Gasteiger partial charge in [-0.25, -0.2) is 0 Å². The smallest absolute Gasteiger partial charge is 0.121 e. The number of hydrogen-bond acceptors (Lipinski definition) is 3. The van der Waals surface area contributed by atoms with Gasteiger partial charge in [-0.05, 0) is 61.8 Å². The first-order chi connectivity index (χ1) is 10.1. The van der Waals surface area contributed by atoms with E-state index in [2.05, 4.69) is 50.9 Å². The predicted molar refractivity (Wildman–Crippen MR) is 88.5 cm³/mol. The molecule has 0 saturated heterocycles. The number of hydrogen-bond donors (Lipinski definition) is 1. The van der Waals surface area contributed by atoms with E-state index in [1.54, 1.807) is 0 Å². The van der Waals surface area contributed by atoms with Crippen LogP contribution in [0.3, 0.4) is 0 Å². The second kappa shape index (κ2) is 7.27. The Kier molecular flexibility index (Phi) is 5.65. The van der Waals surface area contributed by atoms with Gasteiger partial charge in [-0.3, -0.25) is 4.68 Å².